The third-order valence-corrected chi connectivity index (χ3v) is 6.25. The number of amides is 1. The van der Waals surface area contributed by atoms with Crippen LogP contribution in [0.25, 0.3) is 11.3 Å². The molecule has 158 valence electrons. The van der Waals surface area contributed by atoms with Crippen LogP contribution in [-0.4, -0.2) is 35.4 Å². The van der Waals surface area contributed by atoms with Gasteiger partial charge < -0.3 is 9.73 Å². The fraction of sp³-hybridized carbons (Fsp3) is 0.364. The van der Waals surface area contributed by atoms with Crippen molar-refractivity contribution in [1.29, 1.82) is 0 Å². The van der Waals surface area contributed by atoms with E-state index in [1.807, 2.05) is 6.07 Å². The summed E-state index contributed by atoms with van der Waals surface area (Å²) in [5.41, 5.74) is -0.245. The number of benzene rings is 1. The number of likely N-dealkylation sites (tertiary alicyclic amines) is 1. The number of nitrogens with one attached hydrogen (secondary N) is 1. The molecule has 1 fully saturated rings. The fourth-order valence-corrected chi connectivity index (χ4v) is 4.60. The van der Waals surface area contributed by atoms with Gasteiger partial charge in [0.2, 0.25) is 5.91 Å². The van der Waals surface area contributed by atoms with Gasteiger partial charge >= 0.3 is 0 Å². The van der Waals surface area contributed by atoms with Gasteiger partial charge in [0.25, 0.3) is 0 Å². The number of hydrogen-bond donors (Lipinski definition) is 1. The molecule has 1 unspecified atom stereocenters. The van der Waals surface area contributed by atoms with Crippen LogP contribution in [0.4, 0.5) is 8.78 Å². The monoisotopic (exact) mass is 431 g/mol. The van der Waals surface area contributed by atoms with E-state index in [0.717, 1.165) is 13.1 Å². The van der Waals surface area contributed by atoms with Crippen molar-refractivity contribution in [2.75, 3.05) is 19.6 Å². The topological polar surface area (TPSA) is 58.4 Å². The second-order valence-corrected chi connectivity index (χ2v) is 8.27. The Morgan fingerprint density at radius 1 is 1.20 bits per heavy atom. The normalized spacial score (nSPS) is 15.4. The third kappa shape index (κ3) is 4.76. The Labute approximate surface area is 177 Å². The van der Waals surface area contributed by atoms with Crippen LogP contribution in [0.1, 0.15) is 36.1 Å². The van der Waals surface area contributed by atoms with Crippen LogP contribution in [0.15, 0.2) is 46.3 Å². The molecule has 3 aromatic rings. The number of carbonyl (C=O) groups excluding carboxylic acids is 1. The van der Waals surface area contributed by atoms with Gasteiger partial charge in [0.05, 0.1) is 17.8 Å². The van der Waals surface area contributed by atoms with Gasteiger partial charge in [-0.05, 0) is 49.5 Å². The number of rotatable bonds is 8. The summed E-state index contributed by atoms with van der Waals surface area (Å²) >= 11 is 1.70. The Morgan fingerprint density at radius 2 is 1.97 bits per heavy atom. The molecule has 30 heavy (non-hydrogen) atoms. The number of halogens is 2. The van der Waals surface area contributed by atoms with Gasteiger partial charge in [-0.15, -0.1) is 11.3 Å². The summed E-state index contributed by atoms with van der Waals surface area (Å²) in [6, 6.07) is 7.95. The van der Waals surface area contributed by atoms with Gasteiger partial charge in [-0.25, -0.2) is 13.8 Å². The van der Waals surface area contributed by atoms with Crippen molar-refractivity contribution in [2.45, 2.75) is 31.7 Å². The van der Waals surface area contributed by atoms with Crippen LogP contribution < -0.4 is 5.32 Å². The van der Waals surface area contributed by atoms with Gasteiger partial charge in [0.1, 0.15) is 11.6 Å². The largest absolute Gasteiger partial charge is 0.441 e. The van der Waals surface area contributed by atoms with Crippen LogP contribution in [0.5, 0.6) is 0 Å². The van der Waals surface area contributed by atoms with Crippen LogP contribution in [0.2, 0.25) is 0 Å². The molecular weight excluding hydrogens is 408 g/mol. The fourth-order valence-electron chi connectivity index (χ4n) is 3.74. The first-order chi connectivity index (χ1) is 14.6. The third-order valence-electron chi connectivity index (χ3n) is 5.27. The quantitative estimate of drug-likeness (QED) is 0.568. The average Bonchev–Trinajstić information content (AvgIpc) is 3.50. The highest BCUT2D eigenvalue weighted by Gasteiger charge is 2.24. The van der Waals surface area contributed by atoms with Gasteiger partial charge in [0, 0.05) is 24.3 Å². The standard InChI is InChI=1S/C22H23F2N3O2S/c23-15-5-3-6-16(24)22(15)18-14-26-21(29-18)9-8-20(28)25-13-17(19-7-4-12-30-19)27-10-1-2-11-27/h3-7,12,14,17H,1-2,8-11,13H2,(H,25,28). The van der Waals surface area contributed by atoms with E-state index in [1.54, 1.807) is 11.3 Å². The minimum atomic E-state index is -0.711. The smallest absolute Gasteiger partial charge is 0.220 e. The zero-order valence-electron chi connectivity index (χ0n) is 16.4. The number of thiophene rings is 1. The molecular formula is C22H23F2N3O2S. The van der Waals surface area contributed by atoms with Crippen molar-refractivity contribution in [3.63, 3.8) is 0 Å². The van der Waals surface area contributed by atoms with E-state index in [2.05, 4.69) is 26.6 Å². The predicted octanol–water partition coefficient (Wildman–Crippen LogP) is 4.57. The number of aromatic nitrogens is 1. The highest BCUT2D eigenvalue weighted by Crippen LogP contribution is 2.28. The van der Waals surface area contributed by atoms with Crippen LogP contribution in [-0.2, 0) is 11.2 Å². The van der Waals surface area contributed by atoms with E-state index in [0.29, 0.717) is 6.54 Å². The van der Waals surface area contributed by atoms with Gasteiger partial charge in [-0.1, -0.05) is 12.1 Å². The van der Waals surface area contributed by atoms with Gasteiger partial charge in [0.15, 0.2) is 11.7 Å². The Hall–Kier alpha value is -2.58. The molecule has 1 atom stereocenters. The van der Waals surface area contributed by atoms with Crippen molar-refractivity contribution in [3.8, 4) is 11.3 Å². The first kappa shape index (κ1) is 20.7. The summed E-state index contributed by atoms with van der Waals surface area (Å²) in [4.78, 5) is 20.1. The second kappa shape index (κ2) is 9.49. The summed E-state index contributed by atoms with van der Waals surface area (Å²) < 4.78 is 33.2. The molecule has 0 bridgehead atoms. The Kier molecular flexibility index (Phi) is 6.54. The first-order valence-electron chi connectivity index (χ1n) is 10.0. The molecule has 1 saturated heterocycles. The Morgan fingerprint density at radius 3 is 2.67 bits per heavy atom. The summed E-state index contributed by atoms with van der Waals surface area (Å²) in [5, 5.41) is 5.07. The Bertz CT molecular complexity index is 964. The number of nitrogens with zero attached hydrogens (tertiary/aromatic N) is 2. The summed E-state index contributed by atoms with van der Waals surface area (Å²) in [6.07, 6.45) is 4.11. The van der Waals surface area contributed by atoms with E-state index in [4.69, 9.17) is 4.42 Å². The Balaban J connectivity index is 1.32. The molecule has 0 aliphatic carbocycles. The van der Waals surface area contributed by atoms with Gasteiger partial charge in [-0.3, -0.25) is 9.69 Å². The lowest BCUT2D eigenvalue weighted by Gasteiger charge is -2.26. The van der Waals surface area contributed by atoms with E-state index in [-0.39, 0.29) is 42.0 Å². The zero-order valence-corrected chi connectivity index (χ0v) is 17.3. The van der Waals surface area contributed by atoms with Crippen LogP contribution >= 0.6 is 11.3 Å². The lowest BCUT2D eigenvalue weighted by Crippen LogP contribution is -2.36. The molecule has 0 radical (unpaired) electrons. The van der Waals surface area contributed by atoms with Crippen molar-refractivity contribution in [1.82, 2.24) is 15.2 Å². The van der Waals surface area contributed by atoms with Crippen molar-refractivity contribution < 1.29 is 18.0 Å². The molecule has 5 nitrogen and oxygen atoms in total. The van der Waals surface area contributed by atoms with Crippen molar-refractivity contribution in [2.24, 2.45) is 0 Å². The maximum Gasteiger partial charge on any atom is 0.220 e. The molecule has 1 aliphatic heterocycles. The number of carbonyl (C=O) groups is 1. The van der Waals surface area contributed by atoms with Crippen LogP contribution in [0, 0.1) is 11.6 Å². The molecule has 0 spiro atoms. The maximum absolute atomic E-state index is 13.9. The van der Waals surface area contributed by atoms with E-state index in [9.17, 15) is 13.6 Å². The number of aryl methyl sites for hydroxylation is 1. The molecule has 3 heterocycles. The van der Waals surface area contributed by atoms with E-state index < -0.39 is 11.6 Å². The van der Waals surface area contributed by atoms with Gasteiger partial charge in [-0.2, -0.15) is 0 Å². The highest BCUT2D eigenvalue weighted by atomic mass is 32.1. The number of hydrogen-bond acceptors (Lipinski definition) is 5. The predicted molar refractivity (Wildman–Crippen MR) is 111 cm³/mol. The van der Waals surface area contributed by atoms with Crippen LogP contribution in [0.3, 0.4) is 0 Å². The molecule has 4 rings (SSSR count). The zero-order chi connectivity index (χ0) is 20.9. The molecule has 2 aromatic heterocycles. The van der Waals surface area contributed by atoms with Crippen molar-refractivity contribution >= 4 is 17.2 Å². The molecule has 1 amide bonds. The molecule has 0 saturated carbocycles. The second-order valence-electron chi connectivity index (χ2n) is 7.29. The maximum atomic E-state index is 13.9. The molecule has 1 aromatic carbocycles. The van der Waals surface area contributed by atoms with E-state index in [1.165, 1.54) is 42.1 Å². The molecule has 1 N–H and O–H groups in total. The minimum Gasteiger partial charge on any atom is -0.441 e. The highest BCUT2D eigenvalue weighted by molar-refractivity contribution is 7.10. The summed E-state index contributed by atoms with van der Waals surface area (Å²) in [6.45, 7) is 2.64. The van der Waals surface area contributed by atoms with E-state index >= 15 is 0 Å². The SMILES string of the molecule is O=C(CCc1ncc(-c2c(F)cccc2F)o1)NCC(c1cccs1)N1CCCC1. The minimum absolute atomic E-state index is 0.0211. The average molecular weight is 432 g/mol. The lowest BCUT2D eigenvalue weighted by molar-refractivity contribution is -0.121. The number of oxazole rings is 1. The molecule has 8 heteroatoms. The first-order valence-corrected chi connectivity index (χ1v) is 10.9. The summed E-state index contributed by atoms with van der Waals surface area (Å²) in [7, 11) is 0. The molecule has 1 aliphatic rings. The lowest BCUT2D eigenvalue weighted by atomic mass is 10.1. The van der Waals surface area contributed by atoms with Crippen molar-refractivity contribution in [3.05, 3.63) is 64.3 Å². The summed E-state index contributed by atoms with van der Waals surface area (Å²) in [5.74, 6) is -1.23.